The fraction of sp³-hybridized carbons (Fsp3) is 0.476. The van der Waals surface area contributed by atoms with Gasteiger partial charge in [0.05, 0.1) is 19.7 Å². The van der Waals surface area contributed by atoms with Crippen LogP contribution in [0.4, 0.5) is 13.2 Å². The molecule has 0 bridgehead atoms. The molecule has 0 saturated heterocycles. The fourth-order valence-electron chi connectivity index (χ4n) is 2.60. The van der Waals surface area contributed by atoms with Crippen LogP contribution < -0.4 is 10.6 Å². The number of rotatable bonds is 9. The van der Waals surface area contributed by atoms with E-state index in [0.717, 1.165) is 11.3 Å². The van der Waals surface area contributed by atoms with Gasteiger partial charge in [-0.1, -0.05) is 24.3 Å². The number of guanidine groups is 1. The van der Waals surface area contributed by atoms with Crippen LogP contribution in [0.5, 0.6) is 0 Å². The standard InChI is InChI=1S/C21H28F3N3O3.HI/c1-4-25-19(27-13-20(3,28)18-10-5-15(2)30-18)26-11-16-6-8-17(9-7-16)12-29-14-21(22,23)24;/h5-10,28H,4,11-14H2,1-3H3,(H2,25,26,27);1H. The number of aliphatic imine (C=N–C) groups is 1. The SMILES string of the molecule is CCNC(=NCc1ccc(COCC(F)(F)F)cc1)NCC(C)(O)c1ccc(C)o1.I. The van der Waals surface area contributed by atoms with Crippen molar-refractivity contribution in [2.24, 2.45) is 4.99 Å². The third-order valence-corrected chi connectivity index (χ3v) is 4.19. The summed E-state index contributed by atoms with van der Waals surface area (Å²) in [6.45, 7) is 5.23. The quantitative estimate of drug-likeness (QED) is 0.245. The smallest absolute Gasteiger partial charge is 0.411 e. The summed E-state index contributed by atoms with van der Waals surface area (Å²) in [6.07, 6.45) is -4.33. The number of hydrogen-bond acceptors (Lipinski definition) is 4. The lowest BCUT2D eigenvalue weighted by Gasteiger charge is -2.22. The summed E-state index contributed by atoms with van der Waals surface area (Å²) in [4.78, 5) is 4.48. The van der Waals surface area contributed by atoms with E-state index in [1.807, 2.05) is 13.8 Å². The van der Waals surface area contributed by atoms with Crippen molar-refractivity contribution in [3.8, 4) is 0 Å². The number of alkyl halides is 3. The molecule has 0 radical (unpaired) electrons. The van der Waals surface area contributed by atoms with Gasteiger partial charge in [0.25, 0.3) is 0 Å². The highest BCUT2D eigenvalue weighted by Crippen LogP contribution is 2.22. The molecule has 1 unspecified atom stereocenters. The van der Waals surface area contributed by atoms with Gasteiger partial charge in [0.1, 0.15) is 23.7 Å². The molecular formula is C21H29F3IN3O3. The van der Waals surface area contributed by atoms with Gasteiger partial charge in [0.2, 0.25) is 0 Å². The highest BCUT2D eigenvalue weighted by molar-refractivity contribution is 14.0. The van der Waals surface area contributed by atoms with E-state index in [0.29, 0.717) is 30.4 Å². The first-order valence-electron chi connectivity index (χ1n) is 9.63. The second-order valence-electron chi connectivity index (χ2n) is 7.16. The van der Waals surface area contributed by atoms with Crippen molar-refractivity contribution in [3.05, 3.63) is 59.0 Å². The van der Waals surface area contributed by atoms with Gasteiger partial charge >= 0.3 is 6.18 Å². The number of aryl methyl sites for hydroxylation is 1. The van der Waals surface area contributed by atoms with Gasteiger partial charge in [-0.2, -0.15) is 13.2 Å². The first kappa shape index (κ1) is 27.2. The summed E-state index contributed by atoms with van der Waals surface area (Å²) in [5, 5.41) is 16.8. The van der Waals surface area contributed by atoms with Crippen LogP contribution in [0.25, 0.3) is 0 Å². The lowest BCUT2D eigenvalue weighted by atomic mass is 10.0. The molecule has 2 rings (SSSR count). The molecule has 0 aliphatic carbocycles. The van der Waals surface area contributed by atoms with Gasteiger partial charge in [-0.25, -0.2) is 4.99 Å². The number of nitrogens with one attached hydrogen (secondary N) is 2. The van der Waals surface area contributed by atoms with E-state index in [1.165, 1.54) is 0 Å². The second kappa shape index (κ2) is 12.3. The van der Waals surface area contributed by atoms with Gasteiger partial charge in [-0.15, -0.1) is 24.0 Å². The molecule has 1 heterocycles. The average molecular weight is 555 g/mol. The molecule has 0 spiro atoms. The van der Waals surface area contributed by atoms with Gasteiger partial charge in [-0.3, -0.25) is 0 Å². The highest BCUT2D eigenvalue weighted by atomic mass is 127. The number of benzene rings is 1. The molecular weight excluding hydrogens is 526 g/mol. The van der Waals surface area contributed by atoms with E-state index >= 15 is 0 Å². The summed E-state index contributed by atoms with van der Waals surface area (Å²) in [5.74, 6) is 1.71. The van der Waals surface area contributed by atoms with E-state index in [1.54, 1.807) is 43.3 Å². The predicted octanol–water partition coefficient (Wildman–Crippen LogP) is 4.25. The van der Waals surface area contributed by atoms with Crippen molar-refractivity contribution in [1.29, 1.82) is 0 Å². The molecule has 3 N–H and O–H groups in total. The van der Waals surface area contributed by atoms with Crippen LogP contribution in [0, 0.1) is 6.92 Å². The topological polar surface area (TPSA) is 79.0 Å². The van der Waals surface area contributed by atoms with Crippen LogP contribution in [0.1, 0.15) is 36.5 Å². The molecule has 10 heteroatoms. The normalized spacial score (nSPS) is 14.0. The maximum atomic E-state index is 12.1. The van der Waals surface area contributed by atoms with Gasteiger partial charge < -0.3 is 24.9 Å². The van der Waals surface area contributed by atoms with E-state index in [4.69, 9.17) is 4.42 Å². The van der Waals surface area contributed by atoms with E-state index < -0.39 is 18.4 Å². The minimum atomic E-state index is -4.33. The van der Waals surface area contributed by atoms with Crippen LogP contribution in [-0.2, 0) is 23.5 Å². The monoisotopic (exact) mass is 555 g/mol. The van der Waals surface area contributed by atoms with Crippen LogP contribution in [-0.4, -0.2) is 36.9 Å². The highest BCUT2D eigenvalue weighted by Gasteiger charge is 2.28. The molecule has 1 aromatic heterocycles. The number of aliphatic hydroxyl groups is 1. The van der Waals surface area contributed by atoms with Crippen molar-refractivity contribution in [2.45, 2.75) is 45.7 Å². The maximum absolute atomic E-state index is 12.1. The zero-order valence-corrected chi connectivity index (χ0v) is 20.1. The van der Waals surface area contributed by atoms with Crippen LogP contribution in [0.3, 0.4) is 0 Å². The number of halogens is 4. The average Bonchev–Trinajstić information content (AvgIpc) is 3.11. The number of furan rings is 1. The Bertz CT molecular complexity index is 821. The Morgan fingerprint density at radius 3 is 2.29 bits per heavy atom. The molecule has 174 valence electrons. The second-order valence-corrected chi connectivity index (χ2v) is 7.16. The fourth-order valence-corrected chi connectivity index (χ4v) is 2.60. The number of nitrogens with zero attached hydrogens (tertiary/aromatic N) is 1. The third kappa shape index (κ3) is 9.92. The third-order valence-electron chi connectivity index (χ3n) is 4.19. The van der Waals surface area contributed by atoms with E-state index in [-0.39, 0.29) is 37.1 Å². The Kier molecular flexibility index (Phi) is 10.8. The predicted molar refractivity (Wildman–Crippen MR) is 123 cm³/mol. The summed E-state index contributed by atoms with van der Waals surface area (Å²) >= 11 is 0. The Hall–Kier alpha value is -1.79. The lowest BCUT2D eigenvalue weighted by Crippen LogP contribution is -2.44. The number of ether oxygens (including phenoxy) is 1. The number of hydrogen-bond donors (Lipinski definition) is 3. The largest absolute Gasteiger partial charge is 0.463 e. The van der Waals surface area contributed by atoms with Crippen molar-refractivity contribution in [3.63, 3.8) is 0 Å². The minimum absolute atomic E-state index is 0. The van der Waals surface area contributed by atoms with Gasteiger partial charge in [-0.05, 0) is 44.0 Å². The minimum Gasteiger partial charge on any atom is -0.463 e. The summed E-state index contributed by atoms with van der Waals surface area (Å²) < 4.78 is 46.5. The van der Waals surface area contributed by atoms with Gasteiger partial charge in [0.15, 0.2) is 5.96 Å². The summed E-state index contributed by atoms with van der Waals surface area (Å²) in [5.41, 5.74) is 0.338. The zero-order chi connectivity index (χ0) is 22.2. The van der Waals surface area contributed by atoms with E-state index in [2.05, 4.69) is 20.4 Å². The molecule has 0 amide bonds. The van der Waals surface area contributed by atoms with Crippen molar-refractivity contribution in [1.82, 2.24) is 10.6 Å². The molecule has 0 fully saturated rings. The zero-order valence-electron chi connectivity index (χ0n) is 17.8. The van der Waals surface area contributed by atoms with Gasteiger partial charge in [0, 0.05) is 6.54 Å². The summed E-state index contributed by atoms with van der Waals surface area (Å²) in [6, 6.07) is 10.5. The lowest BCUT2D eigenvalue weighted by molar-refractivity contribution is -0.176. The molecule has 2 aromatic rings. The Morgan fingerprint density at radius 2 is 1.74 bits per heavy atom. The van der Waals surface area contributed by atoms with Crippen LogP contribution in [0.2, 0.25) is 0 Å². The molecule has 1 atom stereocenters. The van der Waals surface area contributed by atoms with Crippen molar-refractivity contribution >= 4 is 29.9 Å². The van der Waals surface area contributed by atoms with E-state index in [9.17, 15) is 18.3 Å². The Balaban J connectivity index is 0.00000480. The Morgan fingerprint density at radius 1 is 1.10 bits per heavy atom. The first-order chi connectivity index (χ1) is 14.1. The van der Waals surface area contributed by atoms with Crippen molar-refractivity contribution in [2.75, 3.05) is 19.7 Å². The van der Waals surface area contributed by atoms with Crippen LogP contribution in [0.15, 0.2) is 45.8 Å². The first-order valence-corrected chi connectivity index (χ1v) is 9.63. The Labute approximate surface area is 197 Å². The molecule has 31 heavy (non-hydrogen) atoms. The molecule has 0 saturated carbocycles. The van der Waals surface area contributed by atoms with Crippen molar-refractivity contribution < 1.29 is 27.4 Å². The molecule has 1 aromatic carbocycles. The van der Waals surface area contributed by atoms with Crippen LogP contribution >= 0.6 is 24.0 Å². The summed E-state index contributed by atoms with van der Waals surface area (Å²) in [7, 11) is 0. The molecule has 0 aliphatic rings. The molecule has 0 aliphatic heterocycles. The molecule has 6 nitrogen and oxygen atoms in total. The maximum Gasteiger partial charge on any atom is 0.411 e.